The minimum absolute atomic E-state index is 0.170. The van der Waals surface area contributed by atoms with Gasteiger partial charge in [-0.2, -0.15) is 0 Å². The summed E-state index contributed by atoms with van der Waals surface area (Å²) in [5.74, 6) is 1.57. The molecule has 0 bridgehead atoms. The largest absolute Gasteiger partial charge is 0.330 e. The zero-order valence-corrected chi connectivity index (χ0v) is 9.85. The standard InChI is InChI=1S/C14H11FN2O/c1-3-7-17(2)14(18)12-9-11(15)8-10-5-4-6-16-13(10)12/h1,4-6,8-9H,7H2,2H3. The summed E-state index contributed by atoms with van der Waals surface area (Å²) in [5, 5.41) is 0.593. The van der Waals surface area contributed by atoms with E-state index in [1.54, 1.807) is 25.4 Å². The van der Waals surface area contributed by atoms with Crippen LogP contribution in [-0.4, -0.2) is 29.4 Å². The number of hydrogen-bond donors (Lipinski definition) is 0. The first kappa shape index (κ1) is 12.1. The Morgan fingerprint density at radius 3 is 3.06 bits per heavy atom. The number of hydrogen-bond acceptors (Lipinski definition) is 2. The number of fused-ring (bicyclic) bond motifs is 1. The van der Waals surface area contributed by atoms with Crippen molar-refractivity contribution in [1.82, 2.24) is 9.88 Å². The average Bonchev–Trinajstić information content (AvgIpc) is 2.37. The van der Waals surface area contributed by atoms with Crippen molar-refractivity contribution in [2.45, 2.75) is 0 Å². The number of pyridine rings is 1. The Morgan fingerprint density at radius 2 is 2.33 bits per heavy atom. The molecule has 0 aliphatic carbocycles. The lowest BCUT2D eigenvalue weighted by atomic mass is 10.1. The van der Waals surface area contributed by atoms with E-state index in [4.69, 9.17) is 6.42 Å². The number of benzene rings is 1. The lowest BCUT2D eigenvalue weighted by molar-refractivity contribution is 0.0814. The van der Waals surface area contributed by atoms with Crippen molar-refractivity contribution in [3.05, 3.63) is 41.8 Å². The zero-order chi connectivity index (χ0) is 13.1. The smallest absolute Gasteiger partial charge is 0.256 e. The highest BCUT2D eigenvalue weighted by Crippen LogP contribution is 2.19. The first-order chi connectivity index (χ1) is 8.63. The van der Waals surface area contributed by atoms with Crippen molar-refractivity contribution in [1.29, 1.82) is 0 Å². The van der Waals surface area contributed by atoms with Gasteiger partial charge >= 0.3 is 0 Å². The number of amides is 1. The van der Waals surface area contributed by atoms with E-state index in [1.807, 2.05) is 0 Å². The predicted octanol–water partition coefficient (Wildman–Crippen LogP) is 2.08. The molecule has 0 N–H and O–H groups in total. The van der Waals surface area contributed by atoms with Crippen LogP contribution in [0.2, 0.25) is 0 Å². The fraction of sp³-hybridized carbons (Fsp3) is 0.143. The molecule has 0 saturated heterocycles. The Morgan fingerprint density at radius 1 is 1.56 bits per heavy atom. The summed E-state index contributed by atoms with van der Waals surface area (Å²) in [6, 6.07) is 5.94. The lowest BCUT2D eigenvalue weighted by Gasteiger charge is -2.15. The van der Waals surface area contributed by atoms with Crippen molar-refractivity contribution in [2.24, 2.45) is 0 Å². The Kier molecular flexibility index (Phi) is 3.24. The Balaban J connectivity index is 2.57. The summed E-state index contributed by atoms with van der Waals surface area (Å²) in [6.45, 7) is 0.170. The first-order valence-electron chi connectivity index (χ1n) is 5.36. The predicted molar refractivity (Wildman–Crippen MR) is 67.5 cm³/mol. The summed E-state index contributed by atoms with van der Waals surface area (Å²) in [4.78, 5) is 17.6. The van der Waals surface area contributed by atoms with Crippen LogP contribution in [0.5, 0.6) is 0 Å². The van der Waals surface area contributed by atoms with Gasteiger partial charge in [-0.15, -0.1) is 6.42 Å². The minimum Gasteiger partial charge on any atom is -0.330 e. The second-order valence-electron chi connectivity index (χ2n) is 3.89. The quantitative estimate of drug-likeness (QED) is 0.755. The Labute approximate surface area is 104 Å². The summed E-state index contributed by atoms with van der Waals surface area (Å²) in [6.07, 6.45) is 6.72. The molecule has 0 fully saturated rings. The van der Waals surface area contributed by atoms with Gasteiger partial charge in [-0.3, -0.25) is 9.78 Å². The van der Waals surface area contributed by atoms with Gasteiger partial charge in [-0.05, 0) is 18.2 Å². The van der Waals surface area contributed by atoms with Crippen molar-refractivity contribution >= 4 is 16.8 Å². The van der Waals surface area contributed by atoms with Gasteiger partial charge in [0.1, 0.15) is 5.82 Å². The van der Waals surface area contributed by atoms with E-state index in [-0.39, 0.29) is 18.0 Å². The number of terminal acetylenes is 1. The Hall–Kier alpha value is -2.41. The van der Waals surface area contributed by atoms with Crippen LogP contribution in [0.3, 0.4) is 0 Å². The molecule has 2 rings (SSSR count). The third kappa shape index (κ3) is 2.16. The molecule has 1 aromatic carbocycles. The zero-order valence-electron chi connectivity index (χ0n) is 9.85. The number of halogens is 1. The van der Waals surface area contributed by atoms with Crippen LogP contribution in [0.15, 0.2) is 30.5 Å². The normalized spacial score (nSPS) is 10.1. The van der Waals surface area contributed by atoms with E-state index in [2.05, 4.69) is 10.9 Å². The van der Waals surface area contributed by atoms with Crippen molar-refractivity contribution < 1.29 is 9.18 Å². The fourth-order valence-corrected chi connectivity index (χ4v) is 1.73. The van der Waals surface area contributed by atoms with Gasteiger partial charge in [0, 0.05) is 18.6 Å². The maximum absolute atomic E-state index is 13.5. The molecule has 2 aromatic rings. The van der Waals surface area contributed by atoms with E-state index >= 15 is 0 Å². The first-order valence-corrected chi connectivity index (χ1v) is 5.36. The Bertz CT molecular complexity index is 646. The second-order valence-corrected chi connectivity index (χ2v) is 3.89. The maximum atomic E-state index is 13.5. The van der Waals surface area contributed by atoms with Gasteiger partial charge in [0.25, 0.3) is 5.91 Å². The number of rotatable bonds is 2. The molecule has 0 aliphatic rings. The lowest BCUT2D eigenvalue weighted by Crippen LogP contribution is -2.27. The van der Waals surface area contributed by atoms with Gasteiger partial charge in [-0.25, -0.2) is 4.39 Å². The summed E-state index contributed by atoms with van der Waals surface area (Å²) in [7, 11) is 1.57. The van der Waals surface area contributed by atoms with Gasteiger partial charge in [-0.1, -0.05) is 12.0 Å². The molecule has 0 unspecified atom stereocenters. The fourth-order valence-electron chi connectivity index (χ4n) is 1.73. The number of carbonyl (C=O) groups excluding carboxylic acids is 1. The van der Waals surface area contributed by atoms with E-state index in [0.717, 1.165) is 0 Å². The molecule has 3 nitrogen and oxygen atoms in total. The molecule has 0 spiro atoms. The molecule has 1 heterocycles. The molecular formula is C14H11FN2O. The minimum atomic E-state index is -0.465. The highest BCUT2D eigenvalue weighted by molar-refractivity contribution is 6.05. The molecule has 0 saturated carbocycles. The van der Waals surface area contributed by atoms with Gasteiger partial charge in [0.15, 0.2) is 0 Å². The summed E-state index contributed by atoms with van der Waals surface area (Å²) >= 11 is 0. The molecule has 90 valence electrons. The number of nitrogens with zero attached hydrogens (tertiary/aromatic N) is 2. The molecule has 0 aliphatic heterocycles. The molecule has 18 heavy (non-hydrogen) atoms. The van der Waals surface area contributed by atoms with Crippen LogP contribution in [0.4, 0.5) is 4.39 Å². The van der Waals surface area contributed by atoms with Crippen LogP contribution in [0, 0.1) is 18.2 Å². The van der Waals surface area contributed by atoms with E-state index in [0.29, 0.717) is 10.9 Å². The molecular weight excluding hydrogens is 231 g/mol. The van der Waals surface area contributed by atoms with Crippen molar-refractivity contribution in [3.63, 3.8) is 0 Å². The highest BCUT2D eigenvalue weighted by atomic mass is 19.1. The molecule has 0 atom stereocenters. The number of carbonyl (C=O) groups is 1. The SMILES string of the molecule is C#CCN(C)C(=O)c1cc(F)cc2cccnc12. The average molecular weight is 242 g/mol. The van der Waals surface area contributed by atoms with Crippen molar-refractivity contribution in [3.8, 4) is 12.3 Å². The van der Waals surface area contributed by atoms with Crippen LogP contribution in [0.1, 0.15) is 10.4 Å². The molecule has 0 radical (unpaired) electrons. The maximum Gasteiger partial charge on any atom is 0.256 e. The second kappa shape index (κ2) is 4.84. The van der Waals surface area contributed by atoms with Gasteiger partial charge in [0.2, 0.25) is 0 Å². The molecule has 4 heteroatoms. The van der Waals surface area contributed by atoms with Crippen LogP contribution in [-0.2, 0) is 0 Å². The summed E-state index contributed by atoms with van der Waals surface area (Å²) in [5.41, 5.74) is 0.705. The van der Waals surface area contributed by atoms with Crippen LogP contribution < -0.4 is 0 Å². The van der Waals surface area contributed by atoms with Crippen molar-refractivity contribution in [2.75, 3.05) is 13.6 Å². The van der Waals surface area contributed by atoms with E-state index in [9.17, 15) is 9.18 Å². The van der Waals surface area contributed by atoms with E-state index in [1.165, 1.54) is 17.0 Å². The number of aromatic nitrogens is 1. The topological polar surface area (TPSA) is 33.2 Å². The molecule has 1 amide bonds. The van der Waals surface area contributed by atoms with Gasteiger partial charge in [0.05, 0.1) is 17.6 Å². The highest BCUT2D eigenvalue weighted by Gasteiger charge is 2.16. The summed E-state index contributed by atoms with van der Waals surface area (Å²) < 4.78 is 13.5. The molecule has 1 aromatic heterocycles. The van der Waals surface area contributed by atoms with Crippen LogP contribution >= 0.6 is 0 Å². The third-order valence-electron chi connectivity index (χ3n) is 2.58. The van der Waals surface area contributed by atoms with Crippen LogP contribution in [0.25, 0.3) is 10.9 Å². The monoisotopic (exact) mass is 242 g/mol. The third-order valence-corrected chi connectivity index (χ3v) is 2.58. The van der Waals surface area contributed by atoms with Gasteiger partial charge < -0.3 is 4.90 Å². The van der Waals surface area contributed by atoms with E-state index < -0.39 is 5.82 Å².